The molecule has 0 radical (unpaired) electrons. The van der Waals surface area contributed by atoms with Gasteiger partial charge in [0, 0.05) is 13.1 Å². The number of benzene rings is 2. The highest BCUT2D eigenvalue weighted by atomic mass is 16.5. The number of aliphatic hydroxyl groups excluding tert-OH is 1. The lowest BCUT2D eigenvalue weighted by Crippen LogP contribution is -2.21. The Bertz CT molecular complexity index is 662. The van der Waals surface area contributed by atoms with E-state index in [0.29, 0.717) is 5.92 Å². The average molecular weight is 341 g/mol. The van der Waals surface area contributed by atoms with Crippen molar-refractivity contribution >= 4 is 0 Å². The van der Waals surface area contributed by atoms with Crippen molar-refractivity contribution in [1.82, 2.24) is 4.90 Å². The zero-order valence-electron chi connectivity index (χ0n) is 15.1. The molecule has 2 aromatic rings. The third-order valence-electron chi connectivity index (χ3n) is 5.01. The highest BCUT2D eigenvalue weighted by Crippen LogP contribution is 2.31. The van der Waals surface area contributed by atoms with Crippen molar-refractivity contribution in [2.24, 2.45) is 5.92 Å². The van der Waals surface area contributed by atoms with E-state index in [1.807, 2.05) is 30.3 Å². The molecule has 0 aliphatic carbocycles. The third kappa shape index (κ3) is 4.33. The Morgan fingerprint density at radius 3 is 2.24 bits per heavy atom. The van der Waals surface area contributed by atoms with Gasteiger partial charge < -0.3 is 14.6 Å². The van der Waals surface area contributed by atoms with E-state index < -0.39 is 0 Å². The summed E-state index contributed by atoms with van der Waals surface area (Å²) in [5, 5.41) is 9.15. The number of ether oxygens (including phenoxy) is 2. The maximum atomic E-state index is 9.15. The van der Waals surface area contributed by atoms with Crippen LogP contribution in [0.4, 0.5) is 0 Å². The van der Waals surface area contributed by atoms with Crippen LogP contribution in [0.1, 0.15) is 23.1 Å². The SMILES string of the molecule is COc1cccc(OC)c1CN1CCC(Cc2ccc(CO)cc2)C1. The highest BCUT2D eigenvalue weighted by molar-refractivity contribution is 5.44. The molecule has 134 valence electrons. The van der Waals surface area contributed by atoms with Crippen molar-refractivity contribution in [3.63, 3.8) is 0 Å². The lowest BCUT2D eigenvalue weighted by molar-refractivity contribution is 0.282. The van der Waals surface area contributed by atoms with Crippen molar-refractivity contribution in [2.75, 3.05) is 27.3 Å². The minimum Gasteiger partial charge on any atom is -0.496 e. The smallest absolute Gasteiger partial charge is 0.127 e. The van der Waals surface area contributed by atoms with E-state index in [2.05, 4.69) is 17.0 Å². The molecule has 1 fully saturated rings. The molecule has 1 aliphatic rings. The number of rotatable bonds is 7. The summed E-state index contributed by atoms with van der Waals surface area (Å²) in [6.07, 6.45) is 2.30. The first-order valence-corrected chi connectivity index (χ1v) is 8.84. The van der Waals surface area contributed by atoms with Crippen molar-refractivity contribution in [1.29, 1.82) is 0 Å². The first kappa shape index (κ1) is 17.8. The van der Waals surface area contributed by atoms with Gasteiger partial charge in [0.05, 0.1) is 26.4 Å². The van der Waals surface area contributed by atoms with Gasteiger partial charge in [-0.2, -0.15) is 0 Å². The van der Waals surface area contributed by atoms with Crippen LogP contribution >= 0.6 is 0 Å². The molecule has 1 atom stereocenters. The minimum absolute atomic E-state index is 0.109. The second-order valence-corrected chi connectivity index (χ2v) is 6.71. The van der Waals surface area contributed by atoms with Gasteiger partial charge in [0.15, 0.2) is 0 Å². The van der Waals surface area contributed by atoms with Gasteiger partial charge in [0.25, 0.3) is 0 Å². The Labute approximate surface area is 150 Å². The molecule has 4 heteroatoms. The number of hydrogen-bond acceptors (Lipinski definition) is 4. The Balaban J connectivity index is 1.61. The van der Waals surface area contributed by atoms with E-state index in [1.54, 1.807) is 14.2 Å². The van der Waals surface area contributed by atoms with Gasteiger partial charge >= 0.3 is 0 Å². The topological polar surface area (TPSA) is 41.9 Å². The minimum atomic E-state index is 0.109. The maximum absolute atomic E-state index is 9.15. The fourth-order valence-electron chi connectivity index (χ4n) is 3.64. The normalized spacial score (nSPS) is 17.6. The quantitative estimate of drug-likeness (QED) is 0.839. The van der Waals surface area contributed by atoms with Crippen LogP contribution in [0, 0.1) is 5.92 Å². The van der Waals surface area contributed by atoms with Crippen molar-refractivity contribution in [2.45, 2.75) is 26.0 Å². The van der Waals surface area contributed by atoms with Crippen LogP contribution in [0.15, 0.2) is 42.5 Å². The van der Waals surface area contributed by atoms with E-state index in [1.165, 1.54) is 12.0 Å². The summed E-state index contributed by atoms with van der Waals surface area (Å²) in [7, 11) is 3.42. The van der Waals surface area contributed by atoms with Crippen LogP contribution in [0.3, 0.4) is 0 Å². The number of hydrogen-bond donors (Lipinski definition) is 1. The lowest BCUT2D eigenvalue weighted by Gasteiger charge is -2.20. The molecule has 1 saturated heterocycles. The van der Waals surface area contributed by atoms with Gasteiger partial charge in [-0.05, 0) is 48.6 Å². The lowest BCUT2D eigenvalue weighted by atomic mass is 9.98. The first-order valence-electron chi connectivity index (χ1n) is 8.84. The van der Waals surface area contributed by atoms with Crippen molar-refractivity contribution in [3.8, 4) is 11.5 Å². The predicted molar refractivity (Wildman–Crippen MR) is 99.0 cm³/mol. The zero-order chi connectivity index (χ0) is 17.6. The third-order valence-corrected chi connectivity index (χ3v) is 5.01. The van der Waals surface area contributed by atoms with Crippen molar-refractivity contribution < 1.29 is 14.6 Å². The molecular weight excluding hydrogens is 314 g/mol. The molecule has 0 amide bonds. The van der Waals surface area contributed by atoms with E-state index in [-0.39, 0.29) is 6.61 Å². The molecule has 1 aliphatic heterocycles. The molecule has 1 unspecified atom stereocenters. The maximum Gasteiger partial charge on any atom is 0.127 e. The summed E-state index contributed by atoms with van der Waals surface area (Å²) in [6, 6.07) is 14.3. The van der Waals surface area contributed by atoms with Gasteiger partial charge in [-0.1, -0.05) is 30.3 Å². The monoisotopic (exact) mass is 341 g/mol. The number of methoxy groups -OCH3 is 2. The van der Waals surface area contributed by atoms with Crippen LogP contribution < -0.4 is 9.47 Å². The van der Waals surface area contributed by atoms with Crippen LogP contribution in [0.2, 0.25) is 0 Å². The second-order valence-electron chi connectivity index (χ2n) is 6.71. The molecule has 1 heterocycles. The highest BCUT2D eigenvalue weighted by Gasteiger charge is 2.24. The van der Waals surface area contributed by atoms with Crippen molar-refractivity contribution in [3.05, 3.63) is 59.2 Å². The van der Waals surface area contributed by atoms with Crippen LogP contribution in [0.5, 0.6) is 11.5 Å². The van der Waals surface area contributed by atoms with Crippen LogP contribution in [0.25, 0.3) is 0 Å². The molecule has 1 N–H and O–H groups in total. The van der Waals surface area contributed by atoms with E-state index in [0.717, 1.165) is 48.7 Å². The van der Waals surface area contributed by atoms with Gasteiger partial charge in [-0.15, -0.1) is 0 Å². The summed E-state index contributed by atoms with van der Waals surface area (Å²) >= 11 is 0. The number of likely N-dealkylation sites (tertiary alicyclic amines) is 1. The fourth-order valence-corrected chi connectivity index (χ4v) is 3.64. The molecule has 4 nitrogen and oxygen atoms in total. The first-order chi connectivity index (χ1) is 12.2. The zero-order valence-corrected chi connectivity index (χ0v) is 15.1. The van der Waals surface area contributed by atoms with Gasteiger partial charge in [0.1, 0.15) is 11.5 Å². The summed E-state index contributed by atoms with van der Waals surface area (Å²) in [4.78, 5) is 2.48. The van der Waals surface area contributed by atoms with E-state index >= 15 is 0 Å². The summed E-state index contributed by atoms with van der Waals surface area (Å²) in [6.45, 7) is 3.15. The van der Waals surface area contributed by atoms with E-state index in [9.17, 15) is 0 Å². The summed E-state index contributed by atoms with van der Waals surface area (Å²) in [5.74, 6) is 2.45. The second kappa shape index (κ2) is 8.37. The van der Waals surface area contributed by atoms with Gasteiger partial charge in [-0.3, -0.25) is 4.90 Å². The Morgan fingerprint density at radius 1 is 1.00 bits per heavy atom. The molecule has 0 aromatic heterocycles. The predicted octanol–water partition coefficient (Wildman–Crippen LogP) is 3.26. The Kier molecular flexibility index (Phi) is 5.95. The van der Waals surface area contributed by atoms with Gasteiger partial charge in [-0.25, -0.2) is 0 Å². The molecule has 25 heavy (non-hydrogen) atoms. The Hall–Kier alpha value is -2.04. The van der Waals surface area contributed by atoms with E-state index in [4.69, 9.17) is 14.6 Å². The molecule has 0 saturated carbocycles. The Morgan fingerprint density at radius 2 is 1.64 bits per heavy atom. The standard InChI is InChI=1S/C21H27NO3/c1-24-20-4-3-5-21(25-2)19(20)14-22-11-10-18(13-22)12-16-6-8-17(15-23)9-7-16/h3-9,18,23H,10-15H2,1-2H3. The summed E-state index contributed by atoms with van der Waals surface area (Å²) in [5.41, 5.74) is 3.44. The van der Waals surface area contributed by atoms with Crippen LogP contribution in [-0.4, -0.2) is 37.3 Å². The molecule has 0 spiro atoms. The summed E-state index contributed by atoms with van der Waals surface area (Å²) < 4.78 is 11.0. The molecule has 2 aromatic carbocycles. The molecule has 0 bridgehead atoms. The number of aliphatic hydroxyl groups is 1. The van der Waals surface area contributed by atoms with Crippen LogP contribution in [-0.2, 0) is 19.6 Å². The largest absolute Gasteiger partial charge is 0.496 e. The fraction of sp³-hybridized carbons (Fsp3) is 0.429. The van der Waals surface area contributed by atoms with Gasteiger partial charge in [0.2, 0.25) is 0 Å². The molecular formula is C21H27NO3. The average Bonchev–Trinajstić information content (AvgIpc) is 3.09. The molecule has 3 rings (SSSR count). The number of nitrogens with zero attached hydrogens (tertiary/aromatic N) is 1.